The molecule has 0 aromatic carbocycles. The van der Waals surface area contributed by atoms with E-state index in [4.69, 9.17) is 23.7 Å². The van der Waals surface area contributed by atoms with Gasteiger partial charge in [0.2, 0.25) is 5.91 Å². The highest BCUT2D eigenvalue weighted by Gasteiger charge is 2.22. The highest BCUT2D eigenvalue weighted by molar-refractivity contribution is 7.85. The van der Waals surface area contributed by atoms with Crippen molar-refractivity contribution in [3.05, 3.63) is 60.8 Å². The molecule has 0 saturated heterocycles. The van der Waals surface area contributed by atoms with E-state index in [9.17, 15) is 41.7 Å². The number of carbonyl (C=O) groups excluding carboxylic acids is 6. The average Bonchev–Trinajstić information content (AvgIpc) is 0.915. The third-order valence-corrected chi connectivity index (χ3v) is 28.6. The molecule has 1 amide bonds. The molecule has 20 nitrogen and oxygen atoms in total. The molecule has 0 radical (unpaired) electrons. The molecule has 0 aromatic heterocycles. The van der Waals surface area contributed by atoms with Gasteiger partial charge in [-0.05, 0) is 161 Å². The van der Waals surface area contributed by atoms with Crippen LogP contribution in [0.5, 0.6) is 0 Å². The number of hydrogen-bond donors (Lipinski definition) is 2. The lowest BCUT2D eigenvalue weighted by molar-refractivity contribution is -0.889. The number of rotatable bonds is 114. The number of hydrogen-bond acceptors (Lipinski definition) is 17. The van der Waals surface area contributed by atoms with E-state index in [2.05, 4.69) is 120 Å². The van der Waals surface area contributed by atoms with E-state index >= 15 is 0 Å². The first-order valence-electron chi connectivity index (χ1n) is 60.3. The number of amides is 1. The summed E-state index contributed by atoms with van der Waals surface area (Å²) in [5.74, 6) is -1.84. The molecule has 0 aromatic rings. The summed E-state index contributed by atoms with van der Waals surface area (Å²) in [5, 5.41) is 3.09. The van der Waals surface area contributed by atoms with Crippen molar-refractivity contribution in [1.82, 2.24) is 24.9 Å². The number of nitrogens with one attached hydrogen (secondary N) is 1. The Morgan fingerprint density at radius 2 is 0.401 bits per heavy atom. The van der Waals surface area contributed by atoms with Gasteiger partial charge in [0.25, 0.3) is 10.1 Å². The molecule has 142 heavy (non-hydrogen) atoms. The Morgan fingerprint density at radius 3 is 0.592 bits per heavy atom. The molecule has 0 unspecified atom stereocenters. The first-order chi connectivity index (χ1) is 69.4. The fourth-order valence-electron chi connectivity index (χ4n) is 18.1. The van der Waals surface area contributed by atoms with E-state index in [1.807, 2.05) is 14.1 Å². The van der Waals surface area contributed by atoms with Crippen molar-refractivity contribution < 1.29 is 69.9 Å². The van der Waals surface area contributed by atoms with Crippen LogP contribution in [0.2, 0.25) is 0 Å². The maximum atomic E-state index is 13.9. The summed E-state index contributed by atoms with van der Waals surface area (Å²) < 4.78 is 62.6. The maximum absolute atomic E-state index is 13.9. The molecular weight excluding hydrogens is 1790 g/mol. The van der Waals surface area contributed by atoms with Crippen LogP contribution in [0.3, 0.4) is 0 Å². The predicted octanol–water partition coefficient (Wildman–Crippen LogP) is 30.9. The molecule has 832 valence electrons. The highest BCUT2D eigenvalue weighted by atomic mass is 32.2. The third kappa shape index (κ3) is 108. The minimum atomic E-state index is -4.10. The minimum Gasteiger partial charge on any atom is -0.466 e. The molecule has 0 fully saturated rings. The summed E-state index contributed by atoms with van der Waals surface area (Å²) in [6, 6.07) is 0. The van der Waals surface area contributed by atoms with Gasteiger partial charge in [-0.15, -0.1) is 0 Å². The molecule has 0 saturated carbocycles. The van der Waals surface area contributed by atoms with Gasteiger partial charge in [-0.3, -0.25) is 38.2 Å². The van der Waals surface area contributed by atoms with Gasteiger partial charge in [-0.1, -0.05) is 384 Å². The van der Waals surface area contributed by atoms with E-state index in [0.717, 1.165) is 135 Å². The number of unbranched alkanes of at least 4 members (excludes halogenated alkanes) is 60. The van der Waals surface area contributed by atoms with Crippen LogP contribution in [0, 0.1) is 0 Å². The van der Waals surface area contributed by atoms with Gasteiger partial charge in [0.05, 0.1) is 105 Å². The van der Waals surface area contributed by atoms with Gasteiger partial charge in [0, 0.05) is 91.4 Å². The monoisotopic (exact) mass is 2020 g/mol. The number of quaternary nitrogens is 1. The molecular formula is C121H229N6O14S+. The molecule has 0 rings (SSSR count). The van der Waals surface area contributed by atoms with Gasteiger partial charge in [-0.25, -0.2) is 0 Å². The topological polar surface area (TPSA) is 228 Å². The molecule has 0 atom stereocenters. The van der Waals surface area contributed by atoms with Crippen molar-refractivity contribution in [2.45, 2.75) is 529 Å². The lowest BCUT2D eigenvalue weighted by atomic mass is 10.1. The summed E-state index contributed by atoms with van der Waals surface area (Å²) in [6.07, 6.45) is 108. The van der Waals surface area contributed by atoms with Crippen molar-refractivity contribution in [2.24, 2.45) is 0 Å². The minimum absolute atomic E-state index is 0.132. The quantitative estimate of drug-likeness (QED) is 0.0144. The molecule has 0 spiro atoms. The fourth-order valence-corrected chi connectivity index (χ4v) is 18.6. The molecule has 2 N–H and O–H groups in total. The Kier molecular flexibility index (Phi) is 105. The number of allylic oxidation sites excluding steroid dienone is 10. The molecule has 21 heteroatoms. The summed E-state index contributed by atoms with van der Waals surface area (Å²) in [5.41, 5.74) is 0. The van der Waals surface area contributed by atoms with E-state index < -0.39 is 10.1 Å². The van der Waals surface area contributed by atoms with Crippen LogP contribution >= 0.6 is 0 Å². The van der Waals surface area contributed by atoms with Crippen LogP contribution in [0.25, 0.3) is 0 Å². The number of carbonyl (C=O) groups is 6. The number of ether oxygens (including phenoxy) is 5. The Bertz CT molecular complexity index is 2810. The highest BCUT2D eigenvalue weighted by Crippen LogP contribution is 2.20. The zero-order valence-corrected chi connectivity index (χ0v) is 94.8. The zero-order valence-electron chi connectivity index (χ0n) is 94.0. The first kappa shape index (κ1) is 137. The Balaban J connectivity index is 7.12. The van der Waals surface area contributed by atoms with Crippen molar-refractivity contribution in [3.63, 3.8) is 0 Å². The van der Waals surface area contributed by atoms with Gasteiger partial charge >= 0.3 is 29.8 Å². The van der Waals surface area contributed by atoms with E-state index in [1.54, 1.807) is 0 Å². The predicted molar refractivity (Wildman–Crippen MR) is 601 cm³/mol. The van der Waals surface area contributed by atoms with E-state index in [-0.39, 0.29) is 86.5 Å². The Hall–Kier alpha value is -4.77. The van der Waals surface area contributed by atoms with Gasteiger partial charge < -0.3 is 48.2 Å². The SMILES string of the molecule is CCCCCCCC/C=C\CCCCCCCCOC(=O)CCN(CCC(=O)NCC[N+](C)(C)CCCS(=O)(=O)O)CCN(CCN(CCC(=O)OCCCCCCCC/C=C\CCCCCCCC)CCC(=O)OCCCCCCCC/C=C\CCCCCCCC)CCN(CCC(=O)OCCCCCCCC/C=C\CCCCCCCC)CCC(=O)OCCCCCCCC/C=C\CCCCCCCC. The lowest BCUT2D eigenvalue weighted by Crippen LogP contribution is -2.47. The number of nitrogens with zero attached hydrogens (tertiary/aromatic N) is 5. The van der Waals surface area contributed by atoms with Gasteiger partial charge in [0.1, 0.15) is 0 Å². The van der Waals surface area contributed by atoms with Crippen LogP contribution in [-0.4, -0.2) is 224 Å². The fraction of sp³-hybridized carbons (Fsp3) is 0.868. The summed E-state index contributed by atoms with van der Waals surface area (Å²) in [7, 11) is -0.161. The summed E-state index contributed by atoms with van der Waals surface area (Å²) in [6.45, 7) is 19.7. The summed E-state index contributed by atoms with van der Waals surface area (Å²) in [4.78, 5) is 91.6. The van der Waals surface area contributed by atoms with Crippen molar-refractivity contribution in [1.29, 1.82) is 0 Å². The maximum Gasteiger partial charge on any atom is 0.307 e. The van der Waals surface area contributed by atoms with Gasteiger partial charge in [-0.2, -0.15) is 8.42 Å². The normalized spacial score (nSPS) is 12.2. The second-order valence-corrected chi connectivity index (χ2v) is 43.6. The van der Waals surface area contributed by atoms with E-state index in [1.165, 1.54) is 315 Å². The van der Waals surface area contributed by atoms with Crippen LogP contribution < -0.4 is 5.32 Å². The third-order valence-electron chi connectivity index (χ3n) is 27.8. The first-order valence-corrected chi connectivity index (χ1v) is 61.9. The second kappa shape index (κ2) is 109. The van der Waals surface area contributed by atoms with Gasteiger partial charge in [0.15, 0.2) is 0 Å². The smallest absolute Gasteiger partial charge is 0.307 e. The molecule has 0 aliphatic rings. The van der Waals surface area contributed by atoms with Crippen LogP contribution in [0.1, 0.15) is 529 Å². The second-order valence-electron chi connectivity index (χ2n) is 42.0. The molecule has 0 bridgehead atoms. The Labute approximate surface area is 876 Å². The van der Waals surface area contributed by atoms with Crippen LogP contribution in [0.15, 0.2) is 60.8 Å². The van der Waals surface area contributed by atoms with Crippen molar-refractivity contribution >= 4 is 45.9 Å². The Morgan fingerprint density at radius 1 is 0.232 bits per heavy atom. The molecule has 0 aliphatic carbocycles. The molecule has 0 aliphatic heterocycles. The van der Waals surface area contributed by atoms with Crippen LogP contribution in [0.4, 0.5) is 0 Å². The standard InChI is InChI=1S/C121H228N6O14S/c1-8-13-18-23-28-33-38-43-48-53-58-63-68-73-78-83-110-137-117(129)90-97-123(96-89-116(128)122-95-109-127(6,7)108-88-115-142(134,135)136)102-105-126(106-103-124(98-91-118(130)138-111-84-79-74-69-64-59-54-49-44-39-34-29-24-19-14-9-2)99-92-119(131)139-112-85-80-75-70-65-60-55-50-45-40-35-30-25-20-15-10-3)107-104-125(100-93-120(132)140-113-86-81-76-71-66-61-56-51-46-41-36-31-26-21-16-11-4)101-94-121(133)141-114-87-82-77-72-67-62-57-52-47-42-37-32-27-22-17-12-5/h43-52H,8-42,53-115H2,1-7H3,(H-,122,128,134,135,136)/p+1/b48-43-,49-44-,50-45-,51-46-,52-47-. The largest absolute Gasteiger partial charge is 0.466 e. The van der Waals surface area contributed by atoms with Crippen molar-refractivity contribution in [3.8, 4) is 0 Å². The number of likely N-dealkylation sites (N-methyl/N-ethyl adjacent to an activating group) is 1. The molecule has 0 heterocycles. The average molecular weight is 2020 g/mol. The lowest BCUT2D eigenvalue weighted by Gasteiger charge is -2.32. The number of esters is 5. The van der Waals surface area contributed by atoms with E-state index in [0.29, 0.717) is 136 Å². The summed E-state index contributed by atoms with van der Waals surface area (Å²) >= 11 is 0. The zero-order chi connectivity index (χ0) is 103. The van der Waals surface area contributed by atoms with Crippen molar-refractivity contribution in [2.75, 3.05) is 151 Å². The van der Waals surface area contributed by atoms with Crippen LogP contribution in [-0.2, 0) is 62.6 Å².